The Morgan fingerprint density at radius 1 is 0.939 bits per heavy atom. The highest BCUT2D eigenvalue weighted by Gasteiger charge is 2.43. The molecule has 33 heavy (non-hydrogen) atoms. The monoisotopic (exact) mass is 464 g/mol. The molecule has 0 fully saturated rings. The van der Waals surface area contributed by atoms with Crippen LogP contribution in [0.1, 0.15) is 59.5 Å². The predicted molar refractivity (Wildman–Crippen MR) is 130 cm³/mol. The van der Waals surface area contributed by atoms with Crippen LogP contribution in [0.4, 0.5) is 4.39 Å². The highest BCUT2D eigenvalue weighted by Crippen LogP contribution is 2.43. The SMILES string of the molecule is CCc1c2c(c(O[Si](CC)(CC)CC)c3ncccc13)C(=O)N(Cc1ccc(F)cc1)C2=O. The number of carbonyl (C=O) groups is 2. The Labute approximate surface area is 194 Å². The summed E-state index contributed by atoms with van der Waals surface area (Å²) in [6, 6.07) is 12.4. The molecule has 0 atom stereocenters. The molecule has 0 radical (unpaired) electrons. The molecule has 0 bridgehead atoms. The first-order chi connectivity index (χ1) is 15.9. The molecule has 0 saturated carbocycles. The fourth-order valence-electron chi connectivity index (χ4n) is 4.72. The molecule has 0 unspecified atom stereocenters. The van der Waals surface area contributed by atoms with Crippen LogP contribution in [-0.2, 0) is 13.0 Å². The summed E-state index contributed by atoms with van der Waals surface area (Å²) in [6.45, 7) is 8.44. The van der Waals surface area contributed by atoms with E-state index in [1.54, 1.807) is 18.3 Å². The van der Waals surface area contributed by atoms with Gasteiger partial charge in [-0.15, -0.1) is 0 Å². The predicted octanol–water partition coefficient (Wildman–Crippen LogP) is 6.12. The number of imide groups is 1. The van der Waals surface area contributed by atoms with Crippen LogP contribution in [0.2, 0.25) is 18.1 Å². The van der Waals surface area contributed by atoms with Crippen molar-refractivity contribution in [1.29, 1.82) is 0 Å². The van der Waals surface area contributed by atoms with E-state index in [9.17, 15) is 14.0 Å². The van der Waals surface area contributed by atoms with Crippen LogP contribution >= 0.6 is 0 Å². The van der Waals surface area contributed by atoms with E-state index < -0.39 is 8.32 Å². The summed E-state index contributed by atoms with van der Waals surface area (Å²) in [6.07, 6.45) is 2.29. The van der Waals surface area contributed by atoms with Crippen molar-refractivity contribution in [3.63, 3.8) is 0 Å². The van der Waals surface area contributed by atoms with E-state index >= 15 is 0 Å². The minimum atomic E-state index is -2.16. The van der Waals surface area contributed by atoms with Crippen molar-refractivity contribution in [1.82, 2.24) is 9.88 Å². The third kappa shape index (κ3) is 3.84. The van der Waals surface area contributed by atoms with Crippen molar-refractivity contribution in [2.75, 3.05) is 0 Å². The molecule has 0 saturated heterocycles. The van der Waals surface area contributed by atoms with Gasteiger partial charge in [-0.2, -0.15) is 0 Å². The van der Waals surface area contributed by atoms with E-state index in [0.717, 1.165) is 29.1 Å². The molecule has 3 aromatic rings. The van der Waals surface area contributed by atoms with Crippen molar-refractivity contribution in [2.24, 2.45) is 0 Å². The van der Waals surface area contributed by atoms with Gasteiger partial charge in [0.05, 0.1) is 17.7 Å². The third-order valence-corrected chi connectivity index (χ3v) is 11.4. The highest BCUT2D eigenvalue weighted by molar-refractivity contribution is 6.74. The zero-order chi connectivity index (χ0) is 23.8. The second-order valence-corrected chi connectivity index (χ2v) is 13.2. The second kappa shape index (κ2) is 9.06. The summed E-state index contributed by atoms with van der Waals surface area (Å²) in [7, 11) is -2.16. The second-order valence-electron chi connectivity index (χ2n) is 8.48. The zero-order valence-corrected chi connectivity index (χ0v) is 20.6. The van der Waals surface area contributed by atoms with E-state index in [-0.39, 0.29) is 24.2 Å². The number of carbonyl (C=O) groups excluding carboxylic acids is 2. The molecule has 0 spiro atoms. The maximum atomic E-state index is 13.7. The van der Waals surface area contributed by atoms with E-state index in [4.69, 9.17) is 4.43 Å². The minimum absolute atomic E-state index is 0.0803. The van der Waals surface area contributed by atoms with Gasteiger partial charge in [-0.05, 0) is 53.9 Å². The number of fused-ring (bicyclic) bond motifs is 2. The van der Waals surface area contributed by atoms with Crippen molar-refractivity contribution >= 4 is 31.0 Å². The molecule has 1 aliphatic heterocycles. The Kier molecular flexibility index (Phi) is 6.34. The van der Waals surface area contributed by atoms with Crippen LogP contribution in [0.3, 0.4) is 0 Å². The number of nitrogens with zero attached hydrogens (tertiary/aromatic N) is 2. The Morgan fingerprint density at radius 2 is 1.58 bits per heavy atom. The van der Waals surface area contributed by atoms with Crippen molar-refractivity contribution in [3.8, 4) is 5.75 Å². The standard InChI is InChI=1S/C26H29FN2O3Si/c1-5-19-20-10-9-15-28-23(20)24(32-33(6-2,7-3)8-4)22-21(19)25(30)29(26(22)31)16-17-11-13-18(27)14-12-17/h9-15H,5-8,16H2,1-4H3. The molecule has 2 aromatic carbocycles. The fourth-order valence-corrected chi connectivity index (χ4v) is 7.28. The lowest BCUT2D eigenvalue weighted by molar-refractivity contribution is 0.0641. The lowest BCUT2D eigenvalue weighted by Gasteiger charge is -2.30. The van der Waals surface area contributed by atoms with E-state index in [1.165, 1.54) is 17.0 Å². The average Bonchev–Trinajstić information content (AvgIpc) is 3.08. The van der Waals surface area contributed by atoms with Gasteiger partial charge in [0, 0.05) is 11.6 Å². The first-order valence-corrected chi connectivity index (χ1v) is 14.2. The minimum Gasteiger partial charge on any atom is -0.541 e. The van der Waals surface area contributed by atoms with Gasteiger partial charge in [0.25, 0.3) is 20.1 Å². The highest BCUT2D eigenvalue weighted by atomic mass is 28.4. The van der Waals surface area contributed by atoms with Gasteiger partial charge in [0.1, 0.15) is 17.1 Å². The van der Waals surface area contributed by atoms with Crippen LogP contribution in [0.15, 0.2) is 42.6 Å². The van der Waals surface area contributed by atoms with Crippen LogP contribution in [-0.4, -0.2) is 30.0 Å². The maximum Gasteiger partial charge on any atom is 0.265 e. The van der Waals surface area contributed by atoms with E-state index in [2.05, 4.69) is 25.8 Å². The molecule has 0 N–H and O–H groups in total. The molecule has 2 heterocycles. The molecule has 2 amide bonds. The Balaban J connectivity index is 1.92. The quantitative estimate of drug-likeness (QED) is 0.298. The Morgan fingerprint density at radius 3 is 2.18 bits per heavy atom. The number of rotatable bonds is 8. The summed E-state index contributed by atoms with van der Waals surface area (Å²) in [5.74, 6) is -0.608. The smallest absolute Gasteiger partial charge is 0.265 e. The molecule has 1 aromatic heterocycles. The van der Waals surface area contributed by atoms with Crippen molar-refractivity contribution in [3.05, 3.63) is 70.7 Å². The number of amides is 2. The molecular weight excluding hydrogens is 435 g/mol. The number of pyridine rings is 1. The Bertz CT molecular complexity index is 1210. The van der Waals surface area contributed by atoms with Gasteiger partial charge >= 0.3 is 0 Å². The number of hydrogen-bond acceptors (Lipinski definition) is 4. The van der Waals surface area contributed by atoms with Gasteiger partial charge in [-0.1, -0.05) is 45.9 Å². The molecule has 1 aliphatic rings. The third-order valence-electron chi connectivity index (χ3n) is 6.90. The maximum absolute atomic E-state index is 13.7. The van der Waals surface area contributed by atoms with Crippen molar-refractivity contribution < 1.29 is 18.4 Å². The van der Waals surface area contributed by atoms with Gasteiger partial charge < -0.3 is 4.43 Å². The summed E-state index contributed by atoms with van der Waals surface area (Å²) in [5, 5.41) is 0.852. The lowest BCUT2D eigenvalue weighted by Crippen LogP contribution is -2.40. The molecule has 0 aliphatic carbocycles. The van der Waals surface area contributed by atoms with Crippen LogP contribution in [0, 0.1) is 5.82 Å². The van der Waals surface area contributed by atoms with Crippen LogP contribution in [0.25, 0.3) is 10.9 Å². The fraction of sp³-hybridized carbons (Fsp3) is 0.346. The normalized spacial score (nSPS) is 13.7. The average molecular weight is 465 g/mol. The van der Waals surface area contributed by atoms with E-state index in [0.29, 0.717) is 34.4 Å². The summed E-state index contributed by atoms with van der Waals surface area (Å²) in [5.41, 5.74) is 2.90. The van der Waals surface area contributed by atoms with Gasteiger partial charge in [0.15, 0.2) is 0 Å². The van der Waals surface area contributed by atoms with Crippen molar-refractivity contribution in [2.45, 2.75) is 58.8 Å². The topological polar surface area (TPSA) is 59.5 Å². The summed E-state index contributed by atoms with van der Waals surface area (Å²) < 4.78 is 20.1. The molecule has 7 heteroatoms. The Hall–Kier alpha value is -3.06. The molecule has 172 valence electrons. The lowest BCUT2D eigenvalue weighted by atomic mass is 9.95. The molecular formula is C26H29FN2O3Si. The van der Waals surface area contributed by atoms with Gasteiger partial charge in [0.2, 0.25) is 0 Å². The number of aromatic nitrogens is 1. The molecule has 5 nitrogen and oxygen atoms in total. The zero-order valence-electron chi connectivity index (χ0n) is 19.6. The van der Waals surface area contributed by atoms with Crippen LogP contribution in [0.5, 0.6) is 5.75 Å². The molecule has 4 rings (SSSR count). The van der Waals surface area contributed by atoms with Gasteiger partial charge in [-0.3, -0.25) is 19.5 Å². The summed E-state index contributed by atoms with van der Waals surface area (Å²) in [4.78, 5) is 33.1. The number of halogens is 1. The van der Waals surface area contributed by atoms with Crippen LogP contribution < -0.4 is 4.43 Å². The largest absolute Gasteiger partial charge is 0.541 e. The first kappa shape index (κ1) is 23.1. The van der Waals surface area contributed by atoms with E-state index in [1.807, 2.05) is 19.1 Å². The number of benzene rings is 2. The van der Waals surface area contributed by atoms with Gasteiger partial charge in [-0.25, -0.2) is 4.39 Å². The number of hydrogen-bond donors (Lipinski definition) is 0. The first-order valence-electron chi connectivity index (χ1n) is 11.6. The summed E-state index contributed by atoms with van der Waals surface area (Å²) >= 11 is 0. The number of aryl methyl sites for hydroxylation is 1.